The van der Waals surface area contributed by atoms with Gasteiger partial charge >= 0.3 is 0 Å². The van der Waals surface area contributed by atoms with E-state index < -0.39 is 4.92 Å². The Kier molecular flexibility index (Phi) is 3.57. The van der Waals surface area contributed by atoms with E-state index in [2.05, 4.69) is 0 Å². The first kappa shape index (κ1) is 9.94. The summed E-state index contributed by atoms with van der Waals surface area (Å²) in [5.74, 6) is 0.0330. The van der Waals surface area contributed by atoms with Crippen molar-refractivity contribution < 1.29 is 27.1 Å². The molecular formula is C6H5FeNO3. The predicted molar refractivity (Wildman–Crippen MR) is 34.8 cm³/mol. The van der Waals surface area contributed by atoms with E-state index in [1.807, 2.05) is 0 Å². The molecule has 0 saturated heterocycles. The first-order valence-corrected chi connectivity index (χ1v) is 2.63. The van der Waals surface area contributed by atoms with Crippen molar-refractivity contribution in [1.82, 2.24) is 0 Å². The van der Waals surface area contributed by atoms with Gasteiger partial charge in [0.2, 0.25) is 0 Å². The van der Waals surface area contributed by atoms with Crippen molar-refractivity contribution in [2.75, 3.05) is 0 Å². The Morgan fingerprint density at radius 1 is 1.27 bits per heavy atom. The second kappa shape index (κ2) is 3.95. The molecule has 0 aliphatic rings. The van der Waals surface area contributed by atoms with Gasteiger partial charge in [0.15, 0.2) is 0 Å². The number of rotatable bonds is 1. The number of phenols is 1. The molecule has 0 atom stereocenters. The molecule has 0 heterocycles. The molecule has 0 fully saturated rings. The van der Waals surface area contributed by atoms with Crippen LogP contribution in [0.4, 0.5) is 5.69 Å². The molecule has 0 bridgehead atoms. The molecule has 1 aromatic rings. The number of non-ortho nitro benzene ring substituents is 1. The normalized spacial score (nSPS) is 8.36. The summed E-state index contributed by atoms with van der Waals surface area (Å²) in [5, 5.41) is 18.8. The number of aromatic hydroxyl groups is 1. The monoisotopic (exact) mass is 195 g/mol. The Hall–Kier alpha value is -1.06. The molecule has 0 amide bonds. The second-order valence-corrected chi connectivity index (χ2v) is 1.77. The summed E-state index contributed by atoms with van der Waals surface area (Å²) in [6, 6.07) is 5.04. The zero-order valence-corrected chi connectivity index (χ0v) is 6.48. The van der Waals surface area contributed by atoms with Crippen molar-refractivity contribution in [3.8, 4) is 5.75 Å². The van der Waals surface area contributed by atoms with Gasteiger partial charge < -0.3 is 5.11 Å². The average molecular weight is 195 g/mol. The minimum atomic E-state index is -0.514. The van der Waals surface area contributed by atoms with Gasteiger partial charge in [0.1, 0.15) is 5.75 Å². The standard InChI is InChI=1S/C6H5NO3.Fe/c8-6-3-1-5(2-4-6)7(9)10;/h1-4,8H;. The van der Waals surface area contributed by atoms with E-state index in [1.165, 1.54) is 24.3 Å². The number of hydrogen-bond acceptors (Lipinski definition) is 3. The number of nitrogens with zero attached hydrogens (tertiary/aromatic N) is 1. The van der Waals surface area contributed by atoms with Crippen molar-refractivity contribution in [3.05, 3.63) is 34.4 Å². The van der Waals surface area contributed by atoms with Gasteiger partial charge in [-0.1, -0.05) is 0 Å². The van der Waals surface area contributed by atoms with E-state index in [1.54, 1.807) is 0 Å². The van der Waals surface area contributed by atoms with E-state index in [4.69, 9.17) is 5.11 Å². The van der Waals surface area contributed by atoms with E-state index in [9.17, 15) is 10.1 Å². The van der Waals surface area contributed by atoms with E-state index >= 15 is 0 Å². The van der Waals surface area contributed by atoms with Crippen LogP contribution in [0.2, 0.25) is 0 Å². The van der Waals surface area contributed by atoms with E-state index in [0.29, 0.717) is 0 Å². The number of nitro groups is 1. The maximum atomic E-state index is 10.0. The number of nitro benzene ring substituents is 1. The minimum absolute atomic E-state index is 0. The molecule has 0 spiro atoms. The fraction of sp³-hybridized carbons (Fsp3) is 0. The van der Waals surface area contributed by atoms with Crippen molar-refractivity contribution in [2.24, 2.45) is 0 Å². The zero-order chi connectivity index (χ0) is 7.56. The van der Waals surface area contributed by atoms with Gasteiger partial charge in [0, 0.05) is 29.2 Å². The SMILES string of the molecule is O=[N+]([O-])c1ccc(O)cc1.[Fe]. The van der Waals surface area contributed by atoms with Gasteiger partial charge in [0.05, 0.1) is 4.92 Å². The molecule has 4 nitrogen and oxygen atoms in total. The van der Waals surface area contributed by atoms with Crippen LogP contribution in [0.15, 0.2) is 24.3 Å². The zero-order valence-electron chi connectivity index (χ0n) is 5.37. The topological polar surface area (TPSA) is 63.4 Å². The number of phenolic OH excluding ortho intramolecular Hbond substituents is 1. The van der Waals surface area contributed by atoms with Gasteiger partial charge in [-0.3, -0.25) is 10.1 Å². The van der Waals surface area contributed by atoms with Gasteiger partial charge in [-0.15, -0.1) is 0 Å². The van der Waals surface area contributed by atoms with Crippen molar-refractivity contribution in [2.45, 2.75) is 0 Å². The van der Waals surface area contributed by atoms with Crippen molar-refractivity contribution in [3.63, 3.8) is 0 Å². The Morgan fingerprint density at radius 2 is 1.73 bits per heavy atom. The molecule has 0 unspecified atom stereocenters. The maximum absolute atomic E-state index is 10.0. The molecule has 0 aliphatic heterocycles. The van der Waals surface area contributed by atoms with E-state index in [0.717, 1.165) is 0 Å². The van der Waals surface area contributed by atoms with Crippen molar-refractivity contribution in [1.29, 1.82) is 0 Å². The van der Waals surface area contributed by atoms with Crippen LogP contribution >= 0.6 is 0 Å². The number of benzene rings is 1. The molecular weight excluding hydrogens is 190 g/mol. The second-order valence-electron chi connectivity index (χ2n) is 1.77. The average Bonchev–Trinajstić information content (AvgIpc) is 1.88. The summed E-state index contributed by atoms with van der Waals surface area (Å²) < 4.78 is 0. The van der Waals surface area contributed by atoms with Crippen molar-refractivity contribution >= 4 is 5.69 Å². The van der Waals surface area contributed by atoms with Crippen LogP contribution in [0.5, 0.6) is 5.75 Å². The Labute approximate surface area is 73.5 Å². The molecule has 0 radical (unpaired) electrons. The van der Waals surface area contributed by atoms with Gasteiger partial charge in [-0.2, -0.15) is 0 Å². The summed E-state index contributed by atoms with van der Waals surface area (Å²) in [7, 11) is 0. The van der Waals surface area contributed by atoms with Crippen LogP contribution < -0.4 is 0 Å². The fourth-order valence-corrected chi connectivity index (χ4v) is 0.574. The molecule has 1 rings (SSSR count). The van der Waals surface area contributed by atoms with Crippen LogP contribution in [0.3, 0.4) is 0 Å². The third-order valence-corrected chi connectivity index (χ3v) is 1.06. The molecule has 11 heavy (non-hydrogen) atoms. The van der Waals surface area contributed by atoms with Gasteiger partial charge in [0.25, 0.3) is 5.69 Å². The largest absolute Gasteiger partial charge is 0.508 e. The molecule has 0 saturated carbocycles. The molecule has 5 heteroatoms. The molecule has 60 valence electrons. The van der Waals surface area contributed by atoms with Gasteiger partial charge in [-0.05, 0) is 12.1 Å². The minimum Gasteiger partial charge on any atom is -0.508 e. The first-order chi connectivity index (χ1) is 4.70. The smallest absolute Gasteiger partial charge is 0.269 e. The third kappa shape index (κ3) is 2.57. The van der Waals surface area contributed by atoms with Crippen LogP contribution in [-0.4, -0.2) is 10.0 Å². The quantitative estimate of drug-likeness (QED) is 0.417. The summed E-state index contributed by atoms with van der Waals surface area (Å²) in [4.78, 5) is 9.52. The Balaban J connectivity index is 0.000001000. The Morgan fingerprint density at radius 3 is 2.09 bits per heavy atom. The summed E-state index contributed by atoms with van der Waals surface area (Å²) in [5.41, 5.74) is -0.0159. The molecule has 0 aromatic heterocycles. The number of hydrogen-bond donors (Lipinski definition) is 1. The third-order valence-electron chi connectivity index (χ3n) is 1.06. The fourth-order valence-electron chi connectivity index (χ4n) is 0.574. The summed E-state index contributed by atoms with van der Waals surface area (Å²) in [6.45, 7) is 0. The maximum Gasteiger partial charge on any atom is 0.269 e. The van der Waals surface area contributed by atoms with Crippen LogP contribution in [-0.2, 0) is 17.1 Å². The van der Waals surface area contributed by atoms with Crippen LogP contribution in [0.25, 0.3) is 0 Å². The summed E-state index contributed by atoms with van der Waals surface area (Å²) in [6.07, 6.45) is 0. The summed E-state index contributed by atoms with van der Waals surface area (Å²) >= 11 is 0. The predicted octanol–water partition coefficient (Wildman–Crippen LogP) is 1.30. The first-order valence-electron chi connectivity index (χ1n) is 2.63. The molecule has 1 aromatic carbocycles. The van der Waals surface area contributed by atoms with Crippen LogP contribution in [0, 0.1) is 10.1 Å². The van der Waals surface area contributed by atoms with E-state index in [-0.39, 0.29) is 28.5 Å². The van der Waals surface area contributed by atoms with Crippen LogP contribution in [0.1, 0.15) is 0 Å². The Bertz CT molecular complexity index is 247. The molecule has 1 N–H and O–H groups in total. The molecule has 0 aliphatic carbocycles. The van der Waals surface area contributed by atoms with Gasteiger partial charge in [-0.25, -0.2) is 0 Å².